The van der Waals surface area contributed by atoms with Crippen LogP contribution in [0.3, 0.4) is 0 Å². The third-order valence-electron chi connectivity index (χ3n) is 3.24. The first-order valence-electron chi connectivity index (χ1n) is 5.61. The van der Waals surface area contributed by atoms with Crippen molar-refractivity contribution in [2.45, 2.75) is 12.3 Å². The van der Waals surface area contributed by atoms with Crippen molar-refractivity contribution in [2.75, 3.05) is 26.7 Å². The van der Waals surface area contributed by atoms with Crippen LogP contribution in [-0.4, -0.2) is 26.7 Å². The molecule has 1 aliphatic carbocycles. The molecule has 1 fully saturated rings. The summed E-state index contributed by atoms with van der Waals surface area (Å²) in [6, 6.07) is 3.84. The summed E-state index contributed by atoms with van der Waals surface area (Å²) >= 11 is 3.53. The molecule has 0 heterocycles. The number of ether oxygens (including phenoxy) is 3. The predicted octanol–water partition coefficient (Wildman–Crippen LogP) is 3.21. The highest BCUT2D eigenvalue weighted by Crippen LogP contribution is 2.55. The van der Waals surface area contributed by atoms with Crippen LogP contribution in [0.1, 0.15) is 17.9 Å². The molecule has 0 aliphatic heterocycles. The van der Waals surface area contributed by atoms with E-state index in [1.807, 2.05) is 12.1 Å². The van der Waals surface area contributed by atoms with Crippen LogP contribution in [0.15, 0.2) is 12.1 Å². The molecule has 1 aliphatic rings. The van der Waals surface area contributed by atoms with E-state index in [0.717, 1.165) is 22.6 Å². The number of hydrogen-bond acceptors (Lipinski definition) is 3. The third kappa shape index (κ3) is 2.37. The van der Waals surface area contributed by atoms with Gasteiger partial charge in [0.2, 0.25) is 0 Å². The van der Waals surface area contributed by atoms with Crippen LogP contribution in [0.5, 0.6) is 17.2 Å². The molecule has 0 aromatic heterocycles. The van der Waals surface area contributed by atoms with E-state index >= 15 is 0 Å². The second-order valence-corrected chi connectivity index (χ2v) is 4.85. The molecule has 0 amide bonds. The Bertz CT molecular complexity index is 381. The van der Waals surface area contributed by atoms with Crippen molar-refractivity contribution in [1.82, 2.24) is 0 Å². The summed E-state index contributed by atoms with van der Waals surface area (Å²) in [5, 5.41) is 1.02. The molecule has 0 spiro atoms. The normalized spacial score (nSPS) is 22.1. The third-order valence-corrected chi connectivity index (χ3v) is 4.08. The van der Waals surface area contributed by atoms with Gasteiger partial charge in [-0.15, -0.1) is 0 Å². The Morgan fingerprint density at radius 1 is 1.12 bits per heavy atom. The van der Waals surface area contributed by atoms with Crippen LogP contribution >= 0.6 is 15.9 Å². The highest BCUT2D eigenvalue weighted by atomic mass is 79.9. The molecule has 0 saturated heterocycles. The minimum absolute atomic E-state index is 0.533. The number of methoxy groups -OCH3 is 3. The highest BCUT2D eigenvalue weighted by molar-refractivity contribution is 9.09. The van der Waals surface area contributed by atoms with Crippen LogP contribution in [0.25, 0.3) is 0 Å². The summed E-state index contributed by atoms with van der Waals surface area (Å²) in [7, 11) is 5.01. The molecule has 3 nitrogen and oxygen atoms in total. The summed E-state index contributed by atoms with van der Waals surface area (Å²) < 4.78 is 16.1. The van der Waals surface area contributed by atoms with Gasteiger partial charge in [0.05, 0.1) is 21.3 Å². The lowest BCUT2D eigenvalue weighted by molar-refractivity contribution is 0.368. The van der Waals surface area contributed by atoms with Gasteiger partial charge in [0, 0.05) is 23.0 Å². The molecule has 17 heavy (non-hydrogen) atoms. The van der Waals surface area contributed by atoms with Gasteiger partial charge in [0.15, 0.2) is 0 Å². The topological polar surface area (TPSA) is 27.7 Å². The lowest BCUT2D eigenvalue weighted by Gasteiger charge is -2.14. The highest BCUT2D eigenvalue weighted by Gasteiger charge is 2.41. The maximum absolute atomic E-state index is 5.45. The molecule has 1 aromatic rings. The standard InChI is InChI=1S/C13H17BrO3/c1-15-9-5-11(16-2)13(12(6-9)17-3)10-4-8(10)7-14/h5-6,8,10H,4,7H2,1-3H3. The summed E-state index contributed by atoms with van der Waals surface area (Å²) in [5.41, 5.74) is 1.17. The van der Waals surface area contributed by atoms with Crippen LogP contribution in [0.2, 0.25) is 0 Å². The molecule has 0 bridgehead atoms. The van der Waals surface area contributed by atoms with Crippen molar-refractivity contribution in [3.05, 3.63) is 17.7 Å². The molecule has 0 radical (unpaired) electrons. The van der Waals surface area contributed by atoms with Crippen molar-refractivity contribution >= 4 is 15.9 Å². The predicted molar refractivity (Wildman–Crippen MR) is 70.7 cm³/mol. The smallest absolute Gasteiger partial charge is 0.129 e. The van der Waals surface area contributed by atoms with E-state index in [2.05, 4.69) is 15.9 Å². The molecule has 2 rings (SSSR count). The average molecular weight is 301 g/mol. The van der Waals surface area contributed by atoms with Crippen molar-refractivity contribution in [2.24, 2.45) is 5.92 Å². The molecule has 0 N–H and O–H groups in total. The fourth-order valence-corrected chi connectivity index (χ4v) is 2.89. The average Bonchev–Trinajstić information content (AvgIpc) is 3.15. The zero-order valence-electron chi connectivity index (χ0n) is 10.3. The van der Waals surface area contributed by atoms with Crippen molar-refractivity contribution in [3.63, 3.8) is 0 Å². The van der Waals surface area contributed by atoms with E-state index in [1.54, 1.807) is 21.3 Å². The van der Waals surface area contributed by atoms with Crippen molar-refractivity contribution in [1.29, 1.82) is 0 Å². The van der Waals surface area contributed by atoms with Crippen molar-refractivity contribution in [3.8, 4) is 17.2 Å². The minimum atomic E-state index is 0.533. The Hall–Kier alpha value is -0.900. The molecular weight excluding hydrogens is 284 g/mol. The number of rotatable bonds is 5. The number of halogens is 1. The van der Waals surface area contributed by atoms with E-state index in [4.69, 9.17) is 14.2 Å². The lowest BCUT2D eigenvalue weighted by atomic mass is 10.1. The fraction of sp³-hybridized carbons (Fsp3) is 0.538. The fourth-order valence-electron chi connectivity index (χ4n) is 2.17. The van der Waals surface area contributed by atoms with Crippen LogP contribution in [0, 0.1) is 5.92 Å². The van der Waals surface area contributed by atoms with Gasteiger partial charge in [0.1, 0.15) is 17.2 Å². The van der Waals surface area contributed by atoms with Crippen LogP contribution < -0.4 is 14.2 Å². The van der Waals surface area contributed by atoms with E-state index < -0.39 is 0 Å². The van der Waals surface area contributed by atoms with Gasteiger partial charge >= 0.3 is 0 Å². The largest absolute Gasteiger partial charge is 0.496 e. The van der Waals surface area contributed by atoms with Gasteiger partial charge in [-0.25, -0.2) is 0 Å². The molecule has 1 aromatic carbocycles. The molecule has 2 atom stereocenters. The summed E-state index contributed by atoms with van der Waals surface area (Å²) in [6.45, 7) is 0. The first-order chi connectivity index (χ1) is 8.24. The zero-order chi connectivity index (χ0) is 12.4. The maximum Gasteiger partial charge on any atom is 0.129 e. The summed E-state index contributed by atoms with van der Waals surface area (Å²) in [4.78, 5) is 0. The van der Waals surface area contributed by atoms with Gasteiger partial charge in [-0.2, -0.15) is 0 Å². The molecule has 1 saturated carbocycles. The molecule has 94 valence electrons. The minimum Gasteiger partial charge on any atom is -0.496 e. The van der Waals surface area contributed by atoms with Gasteiger partial charge in [-0.05, 0) is 18.3 Å². The first-order valence-corrected chi connectivity index (χ1v) is 6.73. The van der Waals surface area contributed by atoms with Gasteiger partial charge in [-0.1, -0.05) is 15.9 Å². The second-order valence-electron chi connectivity index (χ2n) is 4.20. The van der Waals surface area contributed by atoms with Gasteiger partial charge in [-0.3, -0.25) is 0 Å². The molecule has 2 unspecified atom stereocenters. The summed E-state index contributed by atoms with van der Waals surface area (Å²) in [6.07, 6.45) is 1.18. The Balaban J connectivity index is 2.41. The SMILES string of the molecule is COc1cc(OC)c(C2CC2CBr)c(OC)c1. The Morgan fingerprint density at radius 2 is 1.71 bits per heavy atom. The Kier molecular flexibility index (Phi) is 3.82. The molecular formula is C13H17BrO3. The lowest BCUT2D eigenvalue weighted by Crippen LogP contribution is -1.98. The number of hydrogen-bond donors (Lipinski definition) is 0. The monoisotopic (exact) mass is 300 g/mol. The van der Waals surface area contributed by atoms with Crippen LogP contribution in [0.4, 0.5) is 0 Å². The van der Waals surface area contributed by atoms with Gasteiger partial charge < -0.3 is 14.2 Å². The van der Waals surface area contributed by atoms with E-state index in [9.17, 15) is 0 Å². The van der Waals surface area contributed by atoms with E-state index in [0.29, 0.717) is 11.8 Å². The zero-order valence-corrected chi connectivity index (χ0v) is 11.9. The van der Waals surface area contributed by atoms with Gasteiger partial charge in [0.25, 0.3) is 0 Å². The number of alkyl halides is 1. The molecule has 4 heteroatoms. The quantitative estimate of drug-likeness (QED) is 0.782. The maximum atomic E-state index is 5.45. The first kappa shape index (κ1) is 12.6. The van der Waals surface area contributed by atoms with Crippen molar-refractivity contribution < 1.29 is 14.2 Å². The Labute approximate surface area is 110 Å². The second kappa shape index (κ2) is 5.17. The Morgan fingerprint density at radius 3 is 2.06 bits per heavy atom. The van der Waals surface area contributed by atoms with Crippen LogP contribution in [-0.2, 0) is 0 Å². The van der Waals surface area contributed by atoms with E-state index in [-0.39, 0.29) is 0 Å². The van der Waals surface area contributed by atoms with E-state index in [1.165, 1.54) is 12.0 Å². The summed E-state index contributed by atoms with van der Waals surface area (Å²) in [5.74, 6) is 3.69. The number of benzene rings is 1.